The van der Waals surface area contributed by atoms with E-state index in [0.717, 1.165) is 30.8 Å². The Morgan fingerprint density at radius 1 is 1.42 bits per heavy atom. The summed E-state index contributed by atoms with van der Waals surface area (Å²) < 4.78 is 14.1. The molecule has 19 heavy (non-hydrogen) atoms. The summed E-state index contributed by atoms with van der Waals surface area (Å²) in [6.07, 6.45) is 3.15. The largest absolute Gasteiger partial charge is 0.371 e. The number of halogens is 1. The average molecular weight is 284 g/mol. The van der Waals surface area contributed by atoms with Crippen LogP contribution in [0.1, 0.15) is 31.9 Å². The highest BCUT2D eigenvalue weighted by molar-refractivity contribution is 7.98. The Morgan fingerprint density at radius 2 is 2.16 bits per heavy atom. The Morgan fingerprint density at radius 3 is 2.74 bits per heavy atom. The number of rotatable bonds is 8. The summed E-state index contributed by atoms with van der Waals surface area (Å²) in [5, 5.41) is 3.38. The van der Waals surface area contributed by atoms with E-state index >= 15 is 0 Å². The molecule has 1 aromatic carbocycles. The second-order valence-corrected chi connectivity index (χ2v) is 5.79. The van der Waals surface area contributed by atoms with Gasteiger partial charge in [-0.15, -0.1) is 0 Å². The van der Waals surface area contributed by atoms with Crippen molar-refractivity contribution in [2.75, 3.05) is 37.0 Å². The molecule has 0 aromatic heterocycles. The van der Waals surface area contributed by atoms with Crippen LogP contribution in [0.5, 0.6) is 0 Å². The molecule has 0 heterocycles. The molecular formula is C15H25FN2S. The van der Waals surface area contributed by atoms with Crippen molar-refractivity contribution in [2.24, 2.45) is 0 Å². The number of hydrogen-bond donors (Lipinski definition) is 1. The van der Waals surface area contributed by atoms with Crippen molar-refractivity contribution < 1.29 is 4.39 Å². The Kier molecular flexibility index (Phi) is 7.24. The molecule has 4 heteroatoms. The summed E-state index contributed by atoms with van der Waals surface area (Å²) in [7, 11) is 1.94. The van der Waals surface area contributed by atoms with Gasteiger partial charge in [-0.25, -0.2) is 4.39 Å². The van der Waals surface area contributed by atoms with E-state index < -0.39 is 0 Å². The number of thioether (sulfide) groups is 1. The fourth-order valence-corrected chi connectivity index (χ4v) is 2.39. The van der Waals surface area contributed by atoms with Gasteiger partial charge in [0.2, 0.25) is 0 Å². The summed E-state index contributed by atoms with van der Waals surface area (Å²) >= 11 is 1.77. The first kappa shape index (κ1) is 16.3. The number of hydrogen-bond acceptors (Lipinski definition) is 3. The van der Waals surface area contributed by atoms with Gasteiger partial charge in [-0.05, 0) is 43.8 Å². The van der Waals surface area contributed by atoms with Gasteiger partial charge in [-0.2, -0.15) is 11.8 Å². The van der Waals surface area contributed by atoms with Crippen molar-refractivity contribution in [1.29, 1.82) is 0 Å². The Balaban J connectivity index is 2.73. The SMILES string of the molecule is CCCNC(C)c1ccc(N(C)CCSC)c(F)c1. The van der Waals surface area contributed by atoms with Crippen molar-refractivity contribution in [1.82, 2.24) is 5.32 Å². The van der Waals surface area contributed by atoms with E-state index in [1.54, 1.807) is 17.8 Å². The van der Waals surface area contributed by atoms with E-state index in [0.29, 0.717) is 5.69 Å². The van der Waals surface area contributed by atoms with Crippen LogP contribution in [0.3, 0.4) is 0 Å². The molecule has 1 aromatic rings. The molecule has 1 atom stereocenters. The highest BCUT2D eigenvalue weighted by atomic mass is 32.2. The van der Waals surface area contributed by atoms with Gasteiger partial charge in [0.25, 0.3) is 0 Å². The van der Waals surface area contributed by atoms with E-state index in [1.165, 1.54) is 0 Å². The van der Waals surface area contributed by atoms with Crippen LogP contribution < -0.4 is 10.2 Å². The Bertz CT molecular complexity index is 384. The minimum Gasteiger partial charge on any atom is -0.371 e. The highest BCUT2D eigenvalue weighted by Crippen LogP contribution is 2.23. The molecule has 0 aliphatic rings. The molecule has 0 radical (unpaired) electrons. The number of anilines is 1. The number of benzene rings is 1. The van der Waals surface area contributed by atoms with Crippen molar-refractivity contribution >= 4 is 17.4 Å². The van der Waals surface area contributed by atoms with Gasteiger partial charge >= 0.3 is 0 Å². The molecule has 0 aliphatic heterocycles. The lowest BCUT2D eigenvalue weighted by Gasteiger charge is -2.21. The van der Waals surface area contributed by atoms with Crippen LogP contribution in [0.2, 0.25) is 0 Å². The molecule has 1 rings (SSSR count). The molecule has 0 amide bonds. The van der Waals surface area contributed by atoms with E-state index in [-0.39, 0.29) is 11.9 Å². The molecule has 1 N–H and O–H groups in total. The maximum absolute atomic E-state index is 14.1. The van der Waals surface area contributed by atoms with Crippen LogP contribution in [0.4, 0.5) is 10.1 Å². The van der Waals surface area contributed by atoms with E-state index in [4.69, 9.17) is 0 Å². The number of nitrogens with one attached hydrogen (secondary N) is 1. The van der Waals surface area contributed by atoms with Crippen molar-refractivity contribution in [3.8, 4) is 0 Å². The monoisotopic (exact) mass is 284 g/mol. The average Bonchev–Trinajstić information content (AvgIpc) is 2.41. The van der Waals surface area contributed by atoms with Gasteiger partial charge in [0.05, 0.1) is 5.69 Å². The molecule has 0 aliphatic carbocycles. The van der Waals surface area contributed by atoms with Gasteiger partial charge in [0, 0.05) is 25.4 Å². The summed E-state index contributed by atoms with van der Waals surface area (Å²) in [5.74, 6) is 0.873. The normalized spacial score (nSPS) is 12.5. The van der Waals surface area contributed by atoms with Crippen LogP contribution in [-0.2, 0) is 0 Å². The molecule has 0 spiro atoms. The maximum atomic E-state index is 14.1. The van der Waals surface area contributed by atoms with E-state index in [9.17, 15) is 4.39 Å². The predicted octanol–water partition coefficient (Wildman–Crippen LogP) is 3.69. The lowest BCUT2D eigenvalue weighted by Crippen LogP contribution is -2.22. The van der Waals surface area contributed by atoms with Crippen LogP contribution in [-0.4, -0.2) is 32.1 Å². The number of nitrogens with zero attached hydrogens (tertiary/aromatic N) is 1. The van der Waals surface area contributed by atoms with E-state index in [2.05, 4.69) is 25.4 Å². The molecule has 2 nitrogen and oxygen atoms in total. The minimum absolute atomic E-state index is 0.133. The smallest absolute Gasteiger partial charge is 0.146 e. The first-order chi connectivity index (χ1) is 9.10. The Hall–Kier alpha value is -0.740. The zero-order valence-corrected chi connectivity index (χ0v) is 13.2. The third-order valence-electron chi connectivity index (χ3n) is 3.21. The summed E-state index contributed by atoms with van der Waals surface area (Å²) in [6.45, 7) is 6.02. The fourth-order valence-electron chi connectivity index (χ4n) is 1.93. The second-order valence-electron chi connectivity index (χ2n) is 4.80. The van der Waals surface area contributed by atoms with Gasteiger partial charge in [0.1, 0.15) is 5.82 Å². The lowest BCUT2D eigenvalue weighted by atomic mass is 10.1. The Labute approximate surface area is 120 Å². The highest BCUT2D eigenvalue weighted by Gasteiger charge is 2.11. The lowest BCUT2D eigenvalue weighted by molar-refractivity contribution is 0.562. The maximum Gasteiger partial charge on any atom is 0.146 e. The third-order valence-corrected chi connectivity index (χ3v) is 3.81. The van der Waals surface area contributed by atoms with Gasteiger partial charge in [0.15, 0.2) is 0 Å². The zero-order valence-electron chi connectivity index (χ0n) is 12.4. The summed E-state index contributed by atoms with van der Waals surface area (Å²) in [4.78, 5) is 1.97. The molecule has 108 valence electrons. The third kappa shape index (κ3) is 5.03. The minimum atomic E-state index is -0.133. The standard InChI is InChI=1S/C15H25FN2S/c1-5-8-17-12(2)13-6-7-15(14(16)11-13)18(3)9-10-19-4/h6-7,11-12,17H,5,8-10H2,1-4H3. The van der Waals surface area contributed by atoms with Crippen molar-refractivity contribution in [3.05, 3.63) is 29.6 Å². The van der Waals surface area contributed by atoms with Crippen molar-refractivity contribution in [3.63, 3.8) is 0 Å². The van der Waals surface area contributed by atoms with Crippen LogP contribution in [0, 0.1) is 5.82 Å². The van der Waals surface area contributed by atoms with Gasteiger partial charge in [-0.3, -0.25) is 0 Å². The van der Waals surface area contributed by atoms with Crippen LogP contribution >= 0.6 is 11.8 Å². The van der Waals surface area contributed by atoms with Crippen LogP contribution in [0.15, 0.2) is 18.2 Å². The van der Waals surface area contributed by atoms with Gasteiger partial charge in [-0.1, -0.05) is 13.0 Å². The first-order valence-corrected chi connectivity index (χ1v) is 8.22. The molecule has 0 saturated carbocycles. The van der Waals surface area contributed by atoms with Gasteiger partial charge < -0.3 is 10.2 Å². The molecular weight excluding hydrogens is 259 g/mol. The van der Waals surface area contributed by atoms with E-state index in [1.807, 2.05) is 24.1 Å². The fraction of sp³-hybridized carbons (Fsp3) is 0.600. The summed E-state index contributed by atoms with van der Waals surface area (Å²) in [5.41, 5.74) is 1.69. The quantitative estimate of drug-likeness (QED) is 0.784. The molecule has 0 bridgehead atoms. The first-order valence-electron chi connectivity index (χ1n) is 6.83. The predicted molar refractivity (Wildman–Crippen MR) is 84.8 cm³/mol. The molecule has 0 saturated heterocycles. The van der Waals surface area contributed by atoms with Crippen LogP contribution in [0.25, 0.3) is 0 Å². The molecule has 1 unspecified atom stereocenters. The van der Waals surface area contributed by atoms with Crippen molar-refractivity contribution in [2.45, 2.75) is 26.3 Å². The summed E-state index contributed by atoms with van der Waals surface area (Å²) in [6, 6.07) is 5.74. The zero-order chi connectivity index (χ0) is 14.3. The topological polar surface area (TPSA) is 15.3 Å². The molecule has 0 fully saturated rings. The second kappa shape index (κ2) is 8.43.